The molecular weight excluding hydrogens is 328 g/mol. The van der Waals surface area contributed by atoms with E-state index in [0.29, 0.717) is 30.6 Å². The summed E-state index contributed by atoms with van der Waals surface area (Å²) in [6.07, 6.45) is 5.83. The van der Waals surface area contributed by atoms with Gasteiger partial charge in [-0.3, -0.25) is 4.98 Å². The summed E-state index contributed by atoms with van der Waals surface area (Å²) in [5.41, 5.74) is 2.87. The Bertz CT molecular complexity index is 972. The van der Waals surface area contributed by atoms with Crippen LogP contribution in [-0.2, 0) is 13.0 Å². The van der Waals surface area contributed by atoms with Crippen LogP contribution in [0, 0.1) is 0 Å². The van der Waals surface area contributed by atoms with Crippen LogP contribution in [0.4, 0.5) is 5.95 Å². The van der Waals surface area contributed by atoms with Gasteiger partial charge < -0.3 is 9.84 Å². The van der Waals surface area contributed by atoms with Crippen molar-refractivity contribution < 1.29 is 4.52 Å². The van der Waals surface area contributed by atoms with Crippen LogP contribution in [0.1, 0.15) is 17.3 Å². The third-order valence-corrected chi connectivity index (χ3v) is 3.73. The van der Waals surface area contributed by atoms with Gasteiger partial charge in [-0.05, 0) is 23.8 Å². The van der Waals surface area contributed by atoms with Gasteiger partial charge in [0.2, 0.25) is 11.8 Å². The summed E-state index contributed by atoms with van der Waals surface area (Å²) in [4.78, 5) is 17.2. The highest BCUT2D eigenvalue weighted by atomic mass is 16.5. The van der Waals surface area contributed by atoms with Crippen LogP contribution in [0.2, 0.25) is 0 Å². The van der Waals surface area contributed by atoms with E-state index in [0.717, 1.165) is 16.8 Å². The van der Waals surface area contributed by atoms with Crippen molar-refractivity contribution in [2.24, 2.45) is 0 Å². The second-order valence-electron chi connectivity index (χ2n) is 5.63. The minimum atomic E-state index is 0.359. The second kappa shape index (κ2) is 7.52. The number of aromatic nitrogens is 5. The predicted octanol–water partition coefficient (Wildman–Crippen LogP) is 3.12. The molecule has 0 fully saturated rings. The van der Waals surface area contributed by atoms with Gasteiger partial charge in [-0.15, -0.1) is 0 Å². The van der Waals surface area contributed by atoms with Gasteiger partial charge in [0, 0.05) is 30.6 Å². The maximum absolute atomic E-state index is 5.28. The summed E-state index contributed by atoms with van der Waals surface area (Å²) in [5, 5.41) is 7.12. The molecule has 3 heterocycles. The highest BCUT2D eigenvalue weighted by Crippen LogP contribution is 2.16. The Labute approximate surface area is 150 Å². The zero-order valence-electron chi connectivity index (χ0n) is 13.9. The van der Waals surface area contributed by atoms with Crippen molar-refractivity contribution in [1.82, 2.24) is 25.1 Å². The van der Waals surface area contributed by atoms with Gasteiger partial charge in [0.05, 0.1) is 12.2 Å². The SMILES string of the molecule is c1ccc(Cc2noc(CNc3nccc(-c4cccnc4)n3)n2)cc1. The minimum Gasteiger partial charge on any atom is -0.345 e. The molecule has 0 saturated carbocycles. The van der Waals surface area contributed by atoms with Crippen molar-refractivity contribution in [2.75, 3.05) is 5.32 Å². The number of nitrogens with one attached hydrogen (secondary N) is 1. The van der Waals surface area contributed by atoms with E-state index >= 15 is 0 Å². The maximum atomic E-state index is 5.28. The molecule has 3 aromatic heterocycles. The van der Waals surface area contributed by atoms with E-state index in [1.807, 2.05) is 48.5 Å². The number of pyridine rings is 1. The fourth-order valence-corrected chi connectivity index (χ4v) is 2.49. The number of benzene rings is 1. The molecule has 0 amide bonds. The van der Waals surface area contributed by atoms with Crippen molar-refractivity contribution >= 4 is 5.95 Å². The molecule has 0 aliphatic heterocycles. The van der Waals surface area contributed by atoms with Crippen LogP contribution in [0.15, 0.2) is 71.6 Å². The van der Waals surface area contributed by atoms with Gasteiger partial charge in [0.25, 0.3) is 0 Å². The molecule has 7 nitrogen and oxygen atoms in total. The van der Waals surface area contributed by atoms with E-state index in [1.165, 1.54) is 0 Å². The first-order valence-corrected chi connectivity index (χ1v) is 8.19. The third kappa shape index (κ3) is 3.89. The Hall–Kier alpha value is -3.61. The molecule has 1 aromatic carbocycles. The number of anilines is 1. The summed E-state index contributed by atoms with van der Waals surface area (Å²) in [6, 6.07) is 15.7. The van der Waals surface area contributed by atoms with Crippen LogP contribution in [0.25, 0.3) is 11.3 Å². The molecule has 0 saturated heterocycles. The molecule has 0 bridgehead atoms. The highest BCUT2D eigenvalue weighted by molar-refractivity contribution is 5.58. The predicted molar refractivity (Wildman–Crippen MR) is 96.1 cm³/mol. The van der Waals surface area contributed by atoms with E-state index in [9.17, 15) is 0 Å². The van der Waals surface area contributed by atoms with Gasteiger partial charge in [-0.2, -0.15) is 4.98 Å². The Morgan fingerprint density at radius 1 is 0.923 bits per heavy atom. The Morgan fingerprint density at radius 3 is 2.69 bits per heavy atom. The Balaban J connectivity index is 1.40. The molecular formula is C19H16N6O. The number of nitrogens with zero attached hydrogens (tertiary/aromatic N) is 5. The molecule has 0 atom stereocenters. The van der Waals surface area contributed by atoms with Crippen LogP contribution in [0.3, 0.4) is 0 Å². The normalized spacial score (nSPS) is 10.6. The molecule has 7 heteroatoms. The van der Waals surface area contributed by atoms with Crippen molar-refractivity contribution in [3.05, 3.63) is 84.4 Å². The van der Waals surface area contributed by atoms with Gasteiger partial charge in [-0.1, -0.05) is 35.5 Å². The summed E-state index contributed by atoms with van der Waals surface area (Å²) in [6.45, 7) is 0.359. The van der Waals surface area contributed by atoms with Crippen LogP contribution >= 0.6 is 0 Å². The molecule has 0 aliphatic rings. The van der Waals surface area contributed by atoms with Gasteiger partial charge in [-0.25, -0.2) is 9.97 Å². The number of rotatable bonds is 6. The largest absolute Gasteiger partial charge is 0.345 e. The van der Waals surface area contributed by atoms with Crippen LogP contribution < -0.4 is 5.32 Å². The fourth-order valence-electron chi connectivity index (χ4n) is 2.49. The monoisotopic (exact) mass is 344 g/mol. The lowest BCUT2D eigenvalue weighted by molar-refractivity contribution is 0.378. The molecule has 0 radical (unpaired) electrons. The number of hydrogen-bond acceptors (Lipinski definition) is 7. The molecule has 1 N–H and O–H groups in total. The standard InChI is InChI=1S/C19H16N6O/c1-2-5-14(6-3-1)11-17-24-18(26-25-17)13-22-19-21-10-8-16(23-19)15-7-4-9-20-12-15/h1-10,12H,11,13H2,(H,21,22,23). The quantitative estimate of drug-likeness (QED) is 0.575. The van der Waals surface area contributed by atoms with E-state index < -0.39 is 0 Å². The lowest BCUT2D eigenvalue weighted by atomic mass is 10.1. The topological polar surface area (TPSA) is 89.6 Å². The fraction of sp³-hybridized carbons (Fsp3) is 0.105. The maximum Gasteiger partial charge on any atom is 0.246 e. The second-order valence-corrected chi connectivity index (χ2v) is 5.63. The lowest BCUT2D eigenvalue weighted by Crippen LogP contribution is -2.04. The molecule has 4 aromatic rings. The van der Waals surface area contributed by atoms with Gasteiger partial charge in [0.1, 0.15) is 0 Å². The van der Waals surface area contributed by atoms with E-state index in [2.05, 4.69) is 30.4 Å². The summed E-state index contributed by atoms with van der Waals surface area (Å²) >= 11 is 0. The van der Waals surface area contributed by atoms with Crippen LogP contribution in [-0.4, -0.2) is 25.1 Å². The number of hydrogen-bond donors (Lipinski definition) is 1. The van der Waals surface area contributed by atoms with Crippen molar-refractivity contribution in [3.63, 3.8) is 0 Å². The summed E-state index contributed by atoms with van der Waals surface area (Å²) in [7, 11) is 0. The minimum absolute atomic E-state index is 0.359. The molecule has 0 aliphatic carbocycles. The average Bonchev–Trinajstić information content (AvgIpc) is 3.15. The Morgan fingerprint density at radius 2 is 1.85 bits per heavy atom. The first-order chi connectivity index (χ1) is 12.9. The zero-order valence-corrected chi connectivity index (χ0v) is 13.9. The average molecular weight is 344 g/mol. The summed E-state index contributed by atoms with van der Waals surface area (Å²) in [5.74, 6) is 1.64. The van der Waals surface area contributed by atoms with Crippen LogP contribution in [0.5, 0.6) is 0 Å². The lowest BCUT2D eigenvalue weighted by Gasteiger charge is -2.04. The molecule has 4 rings (SSSR count). The molecule has 128 valence electrons. The Kier molecular flexibility index (Phi) is 4.60. The molecule has 26 heavy (non-hydrogen) atoms. The van der Waals surface area contributed by atoms with Crippen molar-refractivity contribution in [2.45, 2.75) is 13.0 Å². The van der Waals surface area contributed by atoms with Crippen molar-refractivity contribution in [3.8, 4) is 11.3 Å². The van der Waals surface area contributed by atoms with E-state index in [4.69, 9.17) is 4.52 Å². The first kappa shape index (κ1) is 15.9. The van der Waals surface area contributed by atoms with Gasteiger partial charge in [0.15, 0.2) is 5.82 Å². The zero-order chi connectivity index (χ0) is 17.6. The molecule has 0 spiro atoms. The highest BCUT2D eigenvalue weighted by Gasteiger charge is 2.08. The first-order valence-electron chi connectivity index (χ1n) is 8.19. The molecule has 0 unspecified atom stereocenters. The van der Waals surface area contributed by atoms with E-state index in [1.54, 1.807) is 18.6 Å². The summed E-state index contributed by atoms with van der Waals surface area (Å²) < 4.78 is 5.28. The van der Waals surface area contributed by atoms with Crippen molar-refractivity contribution in [1.29, 1.82) is 0 Å². The third-order valence-electron chi connectivity index (χ3n) is 3.73. The smallest absolute Gasteiger partial charge is 0.246 e. The van der Waals surface area contributed by atoms with Gasteiger partial charge >= 0.3 is 0 Å². The van der Waals surface area contributed by atoms with E-state index in [-0.39, 0.29) is 0 Å².